The molecular weight excluding hydrogens is 308 g/mol. The highest BCUT2D eigenvalue weighted by atomic mass is 16.7. The summed E-state index contributed by atoms with van der Waals surface area (Å²) in [6.45, 7) is 2.49. The molecule has 134 valence electrons. The zero-order valence-corrected chi connectivity index (χ0v) is 15.0. The Bertz CT molecular complexity index is 711. The van der Waals surface area contributed by atoms with Crippen LogP contribution >= 0.6 is 0 Å². The van der Waals surface area contributed by atoms with Crippen molar-refractivity contribution >= 4 is 0 Å². The van der Waals surface area contributed by atoms with Gasteiger partial charge in [0.1, 0.15) is 0 Å². The number of hydrogen-bond acceptors (Lipinski definition) is 4. The van der Waals surface area contributed by atoms with Crippen molar-refractivity contribution in [2.75, 3.05) is 6.61 Å². The number of aromatic nitrogens is 2. The van der Waals surface area contributed by atoms with E-state index in [9.17, 15) is 9.59 Å². The van der Waals surface area contributed by atoms with E-state index in [0.717, 1.165) is 25.7 Å². The summed E-state index contributed by atoms with van der Waals surface area (Å²) >= 11 is 0. The van der Waals surface area contributed by atoms with Gasteiger partial charge in [-0.25, -0.2) is 4.79 Å². The van der Waals surface area contributed by atoms with Gasteiger partial charge in [0.15, 0.2) is 0 Å². The summed E-state index contributed by atoms with van der Waals surface area (Å²) < 4.78 is 14.4. The van der Waals surface area contributed by atoms with E-state index in [1.807, 2.05) is 6.92 Å². The standard InChI is InChI=1S/C18H28N2O4/c1-4-23-13-12-18(10-8-6-5-7-9-11-18)14-15(21)19(2)17(22)20(3)16(14)24-13/h13H,4-12H2,1-3H3. The molecule has 0 radical (unpaired) electrons. The Balaban J connectivity index is 2.19. The predicted octanol–water partition coefficient (Wildman–Crippen LogP) is 2.21. The highest BCUT2D eigenvalue weighted by Crippen LogP contribution is 2.46. The Morgan fingerprint density at radius 1 is 1.08 bits per heavy atom. The molecule has 0 N–H and O–H groups in total. The van der Waals surface area contributed by atoms with E-state index in [4.69, 9.17) is 9.47 Å². The summed E-state index contributed by atoms with van der Waals surface area (Å²) in [5.74, 6) is 0.411. The van der Waals surface area contributed by atoms with E-state index in [1.54, 1.807) is 14.1 Å². The first-order valence-electron chi connectivity index (χ1n) is 9.09. The fourth-order valence-electron chi connectivity index (χ4n) is 4.32. The zero-order valence-electron chi connectivity index (χ0n) is 15.0. The lowest BCUT2D eigenvalue weighted by Gasteiger charge is -2.42. The van der Waals surface area contributed by atoms with Gasteiger partial charge in [-0.1, -0.05) is 32.1 Å². The van der Waals surface area contributed by atoms with Crippen LogP contribution in [0.15, 0.2) is 9.59 Å². The molecule has 0 bridgehead atoms. The minimum Gasteiger partial charge on any atom is -0.449 e. The van der Waals surface area contributed by atoms with Gasteiger partial charge in [0, 0.05) is 32.5 Å². The number of fused-ring (bicyclic) bond motifs is 2. The third kappa shape index (κ3) is 2.81. The van der Waals surface area contributed by atoms with Crippen molar-refractivity contribution in [1.82, 2.24) is 9.13 Å². The fraction of sp³-hybridized carbons (Fsp3) is 0.778. The molecule has 1 unspecified atom stereocenters. The van der Waals surface area contributed by atoms with E-state index in [0.29, 0.717) is 24.5 Å². The normalized spacial score (nSPS) is 23.2. The van der Waals surface area contributed by atoms with Crippen LogP contribution in [0.5, 0.6) is 5.88 Å². The number of ether oxygens (including phenoxy) is 2. The molecule has 1 atom stereocenters. The Labute approximate surface area is 142 Å². The number of rotatable bonds is 2. The molecule has 2 aliphatic rings. The van der Waals surface area contributed by atoms with Gasteiger partial charge in [-0.3, -0.25) is 13.9 Å². The molecule has 1 aromatic rings. The van der Waals surface area contributed by atoms with Gasteiger partial charge in [-0.15, -0.1) is 0 Å². The van der Waals surface area contributed by atoms with E-state index in [2.05, 4.69) is 0 Å². The molecule has 0 amide bonds. The van der Waals surface area contributed by atoms with Crippen LogP contribution in [0, 0.1) is 0 Å². The molecule has 1 saturated carbocycles. The van der Waals surface area contributed by atoms with Gasteiger partial charge < -0.3 is 9.47 Å². The van der Waals surface area contributed by atoms with Crippen molar-refractivity contribution in [3.05, 3.63) is 26.4 Å². The molecule has 6 nitrogen and oxygen atoms in total. The zero-order chi connectivity index (χ0) is 17.3. The third-order valence-electron chi connectivity index (χ3n) is 5.60. The average Bonchev–Trinajstić information content (AvgIpc) is 2.54. The second-order valence-electron chi connectivity index (χ2n) is 7.14. The quantitative estimate of drug-likeness (QED) is 0.831. The average molecular weight is 336 g/mol. The molecule has 1 spiro atoms. The van der Waals surface area contributed by atoms with Crippen LogP contribution in [0.3, 0.4) is 0 Å². The lowest BCUT2D eigenvalue weighted by Crippen LogP contribution is -2.50. The minimum atomic E-state index is -0.389. The molecule has 1 aliphatic carbocycles. The van der Waals surface area contributed by atoms with Crippen LogP contribution in [-0.2, 0) is 24.2 Å². The molecule has 1 aliphatic heterocycles. The SMILES string of the molecule is CCOC1CC2(CCCCCCC2)c2c(n(C)c(=O)n(C)c2=O)O1. The van der Waals surface area contributed by atoms with Crippen LogP contribution in [0.1, 0.15) is 63.9 Å². The van der Waals surface area contributed by atoms with Gasteiger partial charge in [-0.05, 0) is 19.8 Å². The highest BCUT2D eigenvalue weighted by molar-refractivity contribution is 5.36. The topological polar surface area (TPSA) is 62.5 Å². The maximum atomic E-state index is 13.0. The number of nitrogens with zero attached hydrogens (tertiary/aromatic N) is 2. The van der Waals surface area contributed by atoms with Gasteiger partial charge in [0.25, 0.3) is 5.56 Å². The molecule has 0 saturated heterocycles. The molecular formula is C18H28N2O4. The summed E-state index contributed by atoms with van der Waals surface area (Å²) in [5.41, 5.74) is -0.112. The summed E-state index contributed by atoms with van der Waals surface area (Å²) in [6, 6.07) is 0. The van der Waals surface area contributed by atoms with Crippen molar-refractivity contribution in [1.29, 1.82) is 0 Å². The first kappa shape index (κ1) is 17.3. The maximum absolute atomic E-state index is 13.0. The lowest BCUT2D eigenvalue weighted by atomic mass is 9.68. The monoisotopic (exact) mass is 336 g/mol. The largest absolute Gasteiger partial charge is 0.449 e. The minimum absolute atomic E-state index is 0.205. The molecule has 0 aromatic carbocycles. The molecule has 1 fully saturated rings. The van der Waals surface area contributed by atoms with E-state index < -0.39 is 0 Å². The van der Waals surface area contributed by atoms with Gasteiger partial charge in [-0.2, -0.15) is 0 Å². The van der Waals surface area contributed by atoms with Crippen molar-refractivity contribution in [3.8, 4) is 5.88 Å². The van der Waals surface area contributed by atoms with Crippen LogP contribution < -0.4 is 16.0 Å². The van der Waals surface area contributed by atoms with Crippen molar-refractivity contribution in [2.45, 2.75) is 70.0 Å². The Kier molecular flexibility index (Phi) is 4.85. The molecule has 6 heteroatoms. The van der Waals surface area contributed by atoms with E-state index in [-0.39, 0.29) is 23.0 Å². The predicted molar refractivity (Wildman–Crippen MR) is 91.6 cm³/mol. The van der Waals surface area contributed by atoms with Crippen molar-refractivity contribution < 1.29 is 9.47 Å². The van der Waals surface area contributed by atoms with Crippen molar-refractivity contribution in [2.24, 2.45) is 14.1 Å². The van der Waals surface area contributed by atoms with Crippen LogP contribution in [0.2, 0.25) is 0 Å². The molecule has 1 aromatic heterocycles. The second kappa shape index (κ2) is 6.75. The highest BCUT2D eigenvalue weighted by Gasteiger charge is 2.45. The maximum Gasteiger partial charge on any atom is 0.333 e. The van der Waals surface area contributed by atoms with E-state index in [1.165, 1.54) is 28.4 Å². The summed E-state index contributed by atoms with van der Waals surface area (Å²) in [6.07, 6.45) is 8.09. The Morgan fingerprint density at radius 2 is 1.71 bits per heavy atom. The third-order valence-corrected chi connectivity index (χ3v) is 5.60. The van der Waals surface area contributed by atoms with Gasteiger partial charge in [0.2, 0.25) is 12.2 Å². The Hall–Kier alpha value is -1.56. The van der Waals surface area contributed by atoms with Crippen molar-refractivity contribution in [3.63, 3.8) is 0 Å². The second-order valence-corrected chi connectivity index (χ2v) is 7.14. The van der Waals surface area contributed by atoms with Gasteiger partial charge in [0.05, 0.1) is 5.56 Å². The molecule has 3 rings (SSSR count). The van der Waals surface area contributed by atoms with E-state index >= 15 is 0 Å². The molecule has 2 heterocycles. The van der Waals surface area contributed by atoms with Crippen LogP contribution in [-0.4, -0.2) is 22.0 Å². The fourth-order valence-corrected chi connectivity index (χ4v) is 4.32. The first-order chi connectivity index (χ1) is 11.5. The summed E-state index contributed by atoms with van der Waals surface area (Å²) in [4.78, 5) is 25.3. The number of hydrogen-bond donors (Lipinski definition) is 0. The van der Waals surface area contributed by atoms with Crippen LogP contribution in [0.4, 0.5) is 0 Å². The summed E-state index contributed by atoms with van der Waals surface area (Å²) in [7, 11) is 3.22. The van der Waals surface area contributed by atoms with Gasteiger partial charge >= 0.3 is 5.69 Å². The first-order valence-corrected chi connectivity index (χ1v) is 9.09. The summed E-state index contributed by atoms with van der Waals surface area (Å²) in [5, 5.41) is 0. The molecule has 24 heavy (non-hydrogen) atoms. The van der Waals surface area contributed by atoms with Crippen LogP contribution in [0.25, 0.3) is 0 Å². The smallest absolute Gasteiger partial charge is 0.333 e. The Morgan fingerprint density at radius 3 is 2.33 bits per heavy atom. The lowest BCUT2D eigenvalue weighted by molar-refractivity contribution is -0.111.